The Labute approximate surface area is 123 Å². The Bertz CT molecular complexity index is 596. The van der Waals surface area contributed by atoms with E-state index in [2.05, 4.69) is 19.8 Å². The van der Waals surface area contributed by atoms with E-state index in [-0.39, 0.29) is 5.82 Å². The Kier molecular flexibility index (Phi) is 3.96. The fourth-order valence-corrected chi connectivity index (χ4v) is 2.49. The minimum Gasteiger partial charge on any atom is -0.399 e. The average molecular weight is 287 g/mol. The first-order valence-corrected chi connectivity index (χ1v) is 7.00. The molecule has 2 aromatic rings. The molecule has 1 aromatic heterocycles. The predicted octanol–water partition coefficient (Wildman–Crippen LogP) is 1.52. The van der Waals surface area contributed by atoms with E-state index in [1.54, 1.807) is 24.5 Å². The van der Waals surface area contributed by atoms with Gasteiger partial charge in [-0.25, -0.2) is 14.4 Å². The molecule has 3 rings (SSSR count). The van der Waals surface area contributed by atoms with Crippen LogP contribution in [0.1, 0.15) is 5.56 Å². The molecule has 21 heavy (non-hydrogen) atoms. The van der Waals surface area contributed by atoms with Crippen LogP contribution in [0.25, 0.3) is 0 Å². The summed E-state index contributed by atoms with van der Waals surface area (Å²) in [5.74, 6) is 0.527. The lowest BCUT2D eigenvalue weighted by Crippen LogP contribution is -2.46. The van der Waals surface area contributed by atoms with Gasteiger partial charge in [-0.1, -0.05) is 6.07 Å². The number of anilines is 2. The Balaban J connectivity index is 1.59. The molecule has 2 N–H and O–H groups in total. The largest absolute Gasteiger partial charge is 0.399 e. The molecule has 110 valence electrons. The van der Waals surface area contributed by atoms with E-state index in [1.165, 1.54) is 6.07 Å². The van der Waals surface area contributed by atoms with Crippen molar-refractivity contribution >= 4 is 11.6 Å². The molecule has 5 nitrogen and oxygen atoms in total. The van der Waals surface area contributed by atoms with Gasteiger partial charge in [-0.05, 0) is 18.2 Å². The first kappa shape index (κ1) is 13.8. The van der Waals surface area contributed by atoms with Crippen molar-refractivity contribution in [3.05, 3.63) is 48.0 Å². The second-order valence-electron chi connectivity index (χ2n) is 5.16. The topological polar surface area (TPSA) is 58.3 Å². The number of benzene rings is 1. The third-order valence-corrected chi connectivity index (χ3v) is 3.68. The number of nitrogen functional groups attached to an aromatic ring is 1. The van der Waals surface area contributed by atoms with Gasteiger partial charge in [-0.2, -0.15) is 0 Å². The van der Waals surface area contributed by atoms with Crippen LogP contribution in [-0.2, 0) is 6.54 Å². The van der Waals surface area contributed by atoms with Crippen molar-refractivity contribution in [1.29, 1.82) is 0 Å². The highest BCUT2D eigenvalue weighted by Crippen LogP contribution is 2.16. The molecule has 0 bridgehead atoms. The summed E-state index contributed by atoms with van der Waals surface area (Å²) in [6.07, 6.45) is 3.50. The SMILES string of the molecule is Nc1ccc(CN2CCN(c3ncccn3)CC2)c(F)c1. The van der Waals surface area contributed by atoms with Crippen LogP contribution in [0.15, 0.2) is 36.7 Å². The number of halogens is 1. The van der Waals surface area contributed by atoms with Gasteiger partial charge in [0.05, 0.1) is 0 Å². The van der Waals surface area contributed by atoms with Gasteiger partial charge >= 0.3 is 0 Å². The Morgan fingerprint density at radius 1 is 1.10 bits per heavy atom. The second kappa shape index (κ2) is 6.05. The van der Waals surface area contributed by atoms with Gasteiger partial charge in [0.25, 0.3) is 0 Å². The van der Waals surface area contributed by atoms with Crippen molar-refractivity contribution in [2.24, 2.45) is 0 Å². The van der Waals surface area contributed by atoms with Crippen LogP contribution in [0, 0.1) is 5.82 Å². The van der Waals surface area contributed by atoms with Gasteiger partial charge in [0.15, 0.2) is 0 Å². The lowest BCUT2D eigenvalue weighted by Gasteiger charge is -2.34. The molecule has 1 saturated heterocycles. The normalized spacial score (nSPS) is 16.1. The lowest BCUT2D eigenvalue weighted by molar-refractivity contribution is 0.245. The van der Waals surface area contributed by atoms with E-state index in [9.17, 15) is 4.39 Å². The smallest absolute Gasteiger partial charge is 0.225 e. The van der Waals surface area contributed by atoms with Crippen molar-refractivity contribution < 1.29 is 4.39 Å². The maximum atomic E-state index is 13.8. The number of nitrogens with two attached hydrogens (primary N) is 1. The first-order valence-electron chi connectivity index (χ1n) is 7.00. The summed E-state index contributed by atoms with van der Waals surface area (Å²) >= 11 is 0. The van der Waals surface area contributed by atoms with Crippen molar-refractivity contribution in [1.82, 2.24) is 14.9 Å². The van der Waals surface area contributed by atoms with Crippen molar-refractivity contribution in [3.8, 4) is 0 Å². The molecule has 1 aromatic carbocycles. The van der Waals surface area contributed by atoms with Crippen molar-refractivity contribution in [3.63, 3.8) is 0 Å². The van der Waals surface area contributed by atoms with Crippen LogP contribution in [0.3, 0.4) is 0 Å². The Morgan fingerprint density at radius 2 is 1.81 bits per heavy atom. The molecular weight excluding hydrogens is 269 g/mol. The second-order valence-corrected chi connectivity index (χ2v) is 5.16. The minimum atomic E-state index is -0.233. The van der Waals surface area contributed by atoms with E-state index >= 15 is 0 Å². The molecular formula is C15H18FN5. The van der Waals surface area contributed by atoms with E-state index < -0.39 is 0 Å². The summed E-state index contributed by atoms with van der Waals surface area (Å²) in [4.78, 5) is 12.9. The summed E-state index contributed by atoms with van der Waals surface area (Å²) in [6, 6.07) is 6.69. The maximum Gasteiger partial charge on any atom is 0.225 e. The van der Waals surface area contributed by atoms with Gasteiger partial charge in [0.1, 0.15) is 5.82 Å². The molecule has 1 aliphatic heterocycles. The third kappa shape index (κ3) is 3.28. The van der Waals surface area contributed by atoms with Crippen molar-refractivity contribution in [2.75, 3.05) is 36.8 Å². The lowest BCUT2D eigenvalue weighted by atomic mass is 10.1. The molecule has 0 atom stereocenters. The third-order valence-electron chi connectivity index (χ3n) is 3.68. The summed E-state index contributed by atoms with van der Waals surface area (Å²) < 4.78 is 13.8. The number of rotatable bonds is 3. The van der Waals surface area contributed by atoms with Gasteiger partial charge in [0.2, 0.25) is 5.95 Å². The summed E-state index contributed by atoms with van der Waals surface area (Å²) in [6.45, 7) is 4.03. The van der Waals surface area contributed by atoms with Crippen LogP contribution in [-0.4, -0.2) is 41.0 Å². The molecule has 0 saturated carbocycles. The van der Waals surface area contributed by atoms with Crippen LogP contribution >= 0.6 is 0 Å². The molecule has 1 fully saturated rings. The summed E-state index contributed by atoms with van der Waals surface area (Å²) in [7, 11) is 0. The highest BCUT2D eigenvalue weighted by molar-refractivity contribution is 5.40. The fraction of sp³-hybridized carbons (Fsp3) is 0.333. The predicted molar refractivity (Wildman–Crippen MR) is 80.3 cm³/mol. The molecule has 1 aliphatic rings. The standard InChI is InChI=1S/C15H18FN5/c16-14-10-13(17)3-2-12(14)11-20-6-8-21(9-7-20)15-18-4-1-5-19-15/h1-5,10H,6-9,11,17H2. The minimum absolute atomic E-state index is 0.233. The monoisotopic (exact) mass is 287 g/mol. The van der Waals surface area contributed by atoms with Crippen LogP contribution in [0.4, 0.5) is 16.0 Å². The number of aromatic nitrogens is 2. The zero-order chi connectivity index (χ0) is 14.7. The Morgan fingerprint density at radius 3 is 2.48 bits per heavy atom. The molecule has 0 amide bonds. The van der Waals surface area contributed by atoms with Gasteiger partial charge in [-0.3, -0.25) is 4.90 Å². The highest BCUT2D eigenvalue weighted by Gasteiger charge is 2.19. The van der Waals surface area contributed by atoms with Crippen LogP contribution < -0.4 is 10.6 Å². The van der Waals surface area contributed by atoms with Gasteiger partial charge < -0.3 is 10.6 Å². The van der Waals surface area contributed by atoms with E-state index in [1.807, 2.05) is 6.07 Å². The quantitative estimate of drug-likeness (QED) is 0.867. The average Bonchev–Trinajstić information content (AvgIpc) is 2.52. The van der Waals surface area contributed by atoms with Crippen molar-refractivity contribution in [2.45, 2.75) is 6.54 Å². The van der Waals surface area contributed by atoms with Crippen LogP contribution in [0.2, 0.25) is 0 Å². The number of piperazine rings is 1. The number of hydrogen-bond acceptors (Lipinski definition) is 5. The zero-order valence-electron chi connectivity index (χ0n) is 11.7. The first-order chi connectivity index (χ1) is 10.2. The van der Waals surface area contributed by atoms with E-state index in [4.69, 9.17) is 5.73 Å². The van der Waals surface area contributed by atoms with E-state index in [0.717, 1.165) is 32.1 Å². The summed E-state index contributed by atoms with van der Waals surface area (Å²) in [5.41, 5.74) is 6.72. The molecule has 6 heteroatoms. The van der Waals surface area contributed by atoms with E-state index in [0.29, 0.717) is 17.8 Å². The number of hydrogen-bond donors (Lipinski definition) is 1. The number of nitrogens with zero attached hydrogens (tertiary/aromatic N) is 4. The van der Waals surface area contributed by atoms with Gasteiger partial charge in [0, 0.05) is 56.4 Å². The van der Waals surface area contributed by atoms with Crippen LogP contribution in [0.5, 0.6) is 0 Å². The molecule has 0 unspecified atom stereocenters. The Hall–Kier alpha value is -2.21. The molecule has 0 radical (unpaired) electrons. The fourth-order valence-electron chi connectivity index (χ4n) is 2.49. The molecule has 0 spiro atoms. The maximum absolute atomic E-state index is 13.8. The zero-order valence-corrected chi connectivity index (χ0v) is 11.7. The highest BCUT2D eigenvalue weighted by atomic mass is 19.1. The molecule has 0 aliphatic carbocycles. The van der Waals surface area contributed by atoms with Gasteiger partial charge in [-0.15, -0.1) is 0 Å². The summed E-state index contributed by atoms with van der Waals surface area (Å²) in [5, 5.41) is 0. The molecule has 2 heterocycles.